The van der Waals surface area contributed by atoms with E-state index in [4.69, 9.17) is 22.8 Å². The Labute approximate surface area is 696 Å². The predicted octanol–water partition coefficient (Wildman–Crippen LogP) is 14.6. The smallest absolute Gasteiger partial charge is 0.321 e. The molecule has 3 heterocycles. The number of H-pyrrole nitrogens is 3. The van der Waals surface area contributed by atoms with Crippen LogP contribution in [0.25, 0.3) is 0 Å². The number of aryl methyl sites for hydroxylation is 3. The number of aliphatic imine (C=N–C) groups is 1. The zero-order valence-corrected chi connectivity index (χ0v) is 72.1. The average molecular weight is 1700 g/mol. The summed E-state index contributed by atoms with van der Waals surface area (Å²) in [6, 6.07) is 3.63. The van der Waals surface area contributed by atoms with E-state index in [-0.39, 0.29) is 170 Å². The minimum Gasteiger partial charge on any atom is -0.436 e. The highest BCUT2D eigenvalue weighted by atomic mass is 28.4. The van der Waals surface area contributed by atoms with Crippen molar-refractivity contribution >= 4 is 87.8 Å². The van der Waals surface area contributed by atoms with Crippen LogP contribution in [0, 0.1) is 53.3 Å². The Morgan fingerprint density at radius 2 is 0.861 bits per heavy atom. The number of aromatic amines is 3. The largest absolute Gasteiger partial charge is 0.436 e. The molecule has 0 aliphatic heterocycles. The van der Waals surface area contributed by atoms with Gasteiger partial charge in [0.2, 0.25) is 23.9 Å². The second-order valence-electron chi connectivity index (χ2n) is 35.1. The molecule has 3 aromatic heterocycles. The van der Waals surface area contributed by atoms with Crippen molar-refractivity contribution in [1.29, 1.82) is 0 Å². The first-order valence-corrected chi connectivity index (χ1v) is 49.2. The third kappa shape index (κ3) is 45.5. The summed E-state index contributed by atoms with van der Waals surface area (Å²) in [6.07, 6.45) is 10.4. The van der Waals surface area contributed by atoms with Gasteiger partial charge in [0.25, 0.3) is 16.7 Å². The number of aromatic nitrogens is 6. The third-order valence-corrected chi connectivity index (χ3v) is 32.6. The van der Waals surface area contributed by atoms with Gasteiger partial charge in [-0.3, -0.25) is 45.3 Å². The molecule has 36 heteroatoms. The maximum absolute atomic E-state index is 14.2. The normalized spacial score (nSPS) is 20.2. The van der Waals surface area contributed by atoms with Crippen molar-refractivity contribution in [3.05, 3.63) is 66.3 Å². The standard InChI is InChI=1S/C44H78N12O8Si2.C17H25N5O3.C10H28N2O2Si2.8CH4/c1-29-19-33(57)52-35(48-29)54-38(60)46-27-43(7)23-31(21-41(3,4)25-43)50-37(59)45-15-17-56(16-14-18-65(10,11)64-66(12,13)63-9)40(62)51-32-22-42(5,6)26-44(8,24-32)28-47-39(61)55-36-49-30(2)20-34(58)53-36;1-11-5-13(24)21-14(20-11)22-15(25)18-9-17(4)7-12(19-10-23)6-16(2,3)8-17;1-13-16(4,5)14-15(2,3)10-6-8-12-9-7-11;;;;;;;;/h19-20,31-32H,14-18,21-28H2,1-13H3,(H,51,62)(H2,45,50,59)(H3,46,48,52,54,57,60)(H3,47,49,53,55,58,61);5,12H,6-9H2,1-4H3,(H3,18,20,21,22,24,25);12H,6-11H2,1-5H3;8*1H4. The van der Waals surface area contributed by atoms with Crippen LogP contribution in [0.15, 0.2) is 37.6 Å². The van der Waals surface area contributed by atoms with E-state index < -0.39 is 51.8 Å². The van der Waals surface area contributed by atoms with Crippen LogP contribution in [0.1, 0.15) is 209 Å². The van der Waals surface area contributed by atoms with E-state index in [1.165, 1.54) is 24.2 Å². The highest BCUT2D eigenvalue weighted by Crippen LogP contribution is 2.48. The molecule has 0 aromatic carbocycles. The van der Waals surface area contributed by atoms with Gasteiger partial charge in [0, 0.05) is 114 Å². The van der Waals surface area contributed by atoms with Crippen molar-refractivity contribution in [1.82, 2.24) is 72.0 Å². The van der Waals surface area contributed by atoms with Crippen LogP contribution in [0.4, 0.5) is 41.8 Å². The van der Waals surface area contributed by atoms with Gasteiger partial charge >= 0.3 is 47.3 Å². The summed E-state index contributed by atoms with van der Waals surface area (Å²) in [5.74, 6) is 0.245. The molecule has 3 aromatic rings. The van der Waals surface area contributed by atoms with Crippen molar-refractivity contribution in [3.8, 4) is 0 Å². The number of urea groups is 5. The van der Waals surface area contributed by atoms with Gasteiger partial charge in [-0.05, 0) is 195 Å². The van der Waals surface area contributed by atoms with Gasteiger partial charge < -0.3 is 64.9 Å². The molecule has 10 amide bonds. The van der Waals surface area contributed by atoms with Gasteiger partial charge in [-0.25, -0.2) is 48.7 Å². The molecule has 3 fully saturated rings. The summed E-state index contributed by atoms with van der Waals surface area (Å²) in [5.41, 5.74) is 4.74. The minimum absolute atomic E-state index is 0. The monoisotopic (exact) mass is 1700 g/mol. The predicted molar refractivity (Wildman–Crippen MR) is 484 cm³/mol. The van der Waals surface area contributed by atoms with Gasteiger partial charge in [0.1, 0.15) is 0 Å². The third-order valence-electron chi connectivity index (χ3n) is 19.2. The lowest BCUT2D eigenvalue weighted by Gasteiger charge is -2.47. The van der Waals surface area contributed by atoms with Crippen LogP contribution < -0.4 is 75.6 Å². The molecule has 0 radical (unpaired) electrons. The van der Waals surface area contributed by atoms with E-state index in [0.29, 0.717) is 75.5 Å². The molecule has 0 bridgehead atoms. The summed E-state index contributed by atoms with van der Waals surface area (Å²) in [5, 5.41) is 29.2. The molecule has 6 unspecified atom stereocenters. The number of anilines is 3. The molecule has 0 saturated heterocycles. The molecular weight excluding hydrogens is 1540 g/mol. The lowest BCUT2D eigenvalue weighted by Crippen LogP contribution is -2.55. The SMILES string of the molecule is C.C.C.C.C.C.C.C.CO[Si](C)(C)O[Si](C)(C)CCCN(CCNC(=O)NC1CC(C)(C)CC(C)(CNC(=O)Nc2nc(C)cc(=O)[nH]2)C1)C(=O)NC1CC(C)(C)CC(C)(CNC(=O)Nc2nc(C)cc(=O)[nH]2)C1.CO[Si](C)(C)O[Si](C)(C)CCCNCCN.Cc1cc(=O)[nH]c(NC(=O)NCC2(C)CC(N=C=O)CC(C)(C)C2)n1. The van der Waals surface area contributed by atoms with E-state index in [0.717, 1.165) is 64.1 Å². The zero-order chi connectivity index (χ0) is 80.6. The first kappa shape index (κ1) is 117. The average Bonchev–Trinajstić information content (AvgIpc) is 0.809. The van der Waals surface area contributed by atoms with Crippen LogP contribution >= 0.6 is 0 Å². The number of carbonyl (C=O) groups is 5. The first-order valence-electron chi connectivity index (χ1n) is 37.4. The van der Waals surface area contributed by atoms with Crippen molar-refractivity contribution in [2.75, 3.05) is 89.1 Å². The number of rotatable bonds is 31. The Bertz CT molecular complexity index is 3670. The van der Waals surface area contributed by atoms with Crippen LogP contribution in [-0.4, -0.2) is 196 Å². The summed E-state index contributed by atoms with van der Waals surface area (Å²) >= 11 is 0. The summed E-state index contributed by atoms with van der Waals surface area (Å²) in [6.45, 7) is 46.1. The van der Waals surface area contributed by atoms with E-state index in [9.17, 15) is 43.2 Å². The van der Waals surface area contributed by atoms with Crippen molar-refractivity contribution < 1.29 is 45.8 Å². The number of nitrogens with zero attached hydrogens (tertiary/aromatic N) is 5. The molecule has 32 nitrogen and oxygen atoms in total. The summed E-state index contributed by atoms with van der Waals surface area (Å²) in [7, 11) is -4.39. The van der Waals surface area contributed by atoms with E-state index in [2.05, 4.69) is 190 Å². The van der Waals surface area contributed by atoms with Gasteiger partial charge in [0.15, 0.2) is 16.6 Å². The second kappa shape index (κ2) is 50.7. The molecule has 115 heavy (non-hydrogen) atoms. The topological polar surface area (TPSA) is 439 Å². The Kier molecular flexibility index (Phi) is 51.4. The van der Waals surface area contributed by atoms with Crippen molar-refractivity contribution in [3.63, 3.8) is 0 Å². The van der Waals surface area contributed by atoms with Gasteiger partial charge in [0.05, 0.1) is 6.04 Å². The van der Waals surface area contributed by atoms with Gasteiger partial charge in [-0.2, -0.15) is 0 Å². The number of amides is 10. The highest BCUT2D eigenvalue weighted by Gasteiger charge is 2.45. The fourth-order valence-electron chi connectivity index (χ4n) is 16.1. The van der Waals surface area contributed by atoms with E-state index >= 15 is 0 Å². The Hall–Kier alpha value is -7.00. The van der Waals surface area contributed by atoms with Gasteiger partial charge in [-0.1, -0.05) is 122 Å². The highest BCUT2D eigenvalue weighted by molar-refractivity contribution is 6.82. The summed E-state index contributed by atoms with van der Waals surface area (Å²) in [4.78, 5) is 137. The first-order chi connectivity index (χ1) is 49.4. The van der Waals surface area contributed by atoms with Crippen LogP contribution in [0.2, 0.25) is 64.5 Å². The lowest BCUT2D eigenvalue weighted by atomic mass is 9.62. The molecular formula is C79H163N19O13Si4. The number of hydrogen-bond donors (Lipinski definition) is 14. The lowest BCUT2D eigenvalue weighted by molar-refractivity contribution is 0.0723. The maximum Gasteiger partial charge on any atom is 0.321 e. The molecule has 6 rings (SSSR count). The van der Waals surface area contributed by atoms with Crippen LogP contribution in [0.5, 0.6) is 0 Å². The molecule has 6 atom stereocenters. The quantitative estimate of drug-likeness (QED) is 0.0123. The van der Waals surface area contributed by atoms with Crippen LogP contribution in [-0.2, 0) is 21.9 Å². The Morgan fingerprint density at radius 1 is 0.504 bits per heavy atom. The number of nitrogens with two attached hydrogens (primary N) is 1. The number of nitrogens with one attached hydrogen (secondary N) is 13. The number of carbonyl (C=O) groups excluding carboxylic acids is 6. The molecule has 3 saturated carbocycles. The van der Waals surface area contributed by atoms with Gasteiger partial charge in [-0.15, -0.1) is 0 Å². The van der Waals surface area contributed by atoms with Crippen molar-refractivity contribution in [2.45, 2.75) is 296 Å². The van der Waals surface area contributed by atoms with E-state index in [1.807, 2.05) is 13.1 Å². The maximum atomic E-state index is 14.2. The second-order valence-corrected chi connectivity index (χ2v) is 51.2. The number of isocyanates is 1. The number of hydrogen-bond acceptors (Lipinski definition) is 19. The summed E-state index contributed by atoms with van der Waals surface area (Å²) < 4.78 is 23.8. The van der Waals surface area contributed by atoms with Crippen molar-refractivity contribution in [2.24, 2.45) is 43.2 Å². The molecule has 3 aliphatic rings. The molecule has 668 valence electrons. The molecule has 15 N–H and O–H groups in total. The van der Waals surface area contributed by atoms with Crippen LogP contribution in [0.3, 0.4) is 0 Å². The molecule has 3 aliphatic carbocycles. The fraction of sp³-hybridized carbons (Fsp3) is 0.772. The Balaban J connectivity index is -0.000000678. The van der Waals surface area contributed by atoms with E-state index in [1.54, 1.807) is 46.0 Å². The zero-order valence-electron chi connectivity index (χ0n) is 68.1. The fourth-order valence-corrected chi connectivity index (χ4v) is 30.2. The Morgan fingerprint density at radius 3 is 1.22 bits per heavy atom. The molecule has 0 spiro atoms. The minimum atomic E-state index is -2.27.